The number of aryl methyl sites for hydroxylation is 1. The normalized spacial score (nSPS) is 12.8. The summed E-state index contributed by atoms with van der Waals surface area (Å²) in [7, 11) is 0. The van der Waals surface area contributed by atoms with E-state index < -0.39 is 17.0 Å². The first-order valence-corrected chi connectivity index (χ1v) is 10.3. The fourth-order valence-electron chi connectivity index (χ4n) is 3.57. The van der Waals surface area contributed by atoms with Gasteiger partial charge in [0, 0.05) is 0 Å². The standard InChI is InChI=1S/C26H23ClF2O/c1-3-26(4-2,20-13-15-23(28)22(27)18-20)16-8-9-19-12-14-24(29)25(17-19)30-21-10-6-5-7-11-21/h1,5-7,10-15,17-18H,4,8-9,16H2,2H3. The van der Waals surface area contributed by atoms with Crippen molar-refractivity contribution < 1.29 is 13.5 Å². The van der Waals surface area contributed by atoms with Gasteiger partial charge in [-0.15, -0.1) is 6.42 Å². The van der Waals surface area contributed by atoms with E-state index in [0.717, 1.165) is 17.5 Å². The number of para-hydroxylation sites is 1. The second-order valence-electron chi connectivity index (χ2n) is 7.24. The van der Waals surface area contributed by atoms with Crippen molar-refractivity contribution in [3.05, 3.63) is 94.5 Å². The van der Waals surface area contributed by atoms with Crippen LogP contribution >= 0.6 is 11.6 Å². The lowest BCUT2D eigenvalue weighted by Crippen LogP contribution is -2.23. The van der Waals surface area contributed by atoms with Crippen LogP contribution in [-0.4, -0.2) is 0 Å². The maximum Gasteiger partial charge on any atom is 0.165 e. The molecule has 0 radical (unpaired) electrons. The van der Waals surface area contributed by atoms with Crippen molar-refractivity contribution in [2.24, 2.45) is 0 Å². The number of halogens is 3. The average molecular weight is 425 g/mol. The molecule has 3 aromatic rings. The second-order valence-corrected chi connectivity index (χ2v) is 7.65. The number of hydrogen-bond acceptors (Lipinski definition) is 1. The van der Waals surface area contributed by atoms with Gasteiger partial charge in [-0.1, -0.05) is 54.8 Å². The van der Waals surface area contributed by atoms with E-state index in [1.807, 2.05) is 25.1 Å². The van der Waals surface area contributed by atoms with Crippen LogP contribution in [0.5, 0.6) is 11.5 Å². The summed E-state index contributed by atoms with van der Waals surface area (Å²) in [5, 5.41) is 0.0711. The summed E-state index contributed by atoms with van der Waals surface area (Å²) in [5.74, 6) is 2.82. The molecule has 4 heteroatoms. The average Bonchev–Trinajstić information content (AvgIpc) is 2.76. The molecule has 0 amide bonds. The van der Waals surface area contributed by atoms with E-state index in [1.165, 1.54) is 12.1 Å². The minimum absolute atomic E-state index is 0.0711. The fraction of sp³-hybridized carbons (Fsp3) is 0.231. The van der Waals surface area contributed by atoms with E-state index in [-0.39, 0.29) is 10.8 Å². The summed E-state index contributed by atoms with van der Waals surface area (Å²) in [6.07, 6.45) is 8.79. The Bertz CT molecular complexity index is 1040. The molecule has 0 fully saturated rings. The molecule has 0 aliphatic carbocycles. The molecule has 0 spiro atoms. The summed E-state index contributed by atoms with van der Waals surface area (Å²) in [5.41, 5.74) is 1.27. The van der Waals surface area contributed by atoms with Crippen LogP contribution in [0.1, 0.15) is 37.3 Å². The van der Waals surface area contributed by atoms with Crippen LogP contribution in [0.4, 0.5) is 8.78 Å². The molecule has 3 aromatic carbocycles. The van der Waals surface area contributed by atoms with Crippen molar-refractivity contribution in [1.29, 1.82) is 0 Å². The van der Waals surface area contributed by atoms with Gasteiger partial charge in [0.2, 0.25) is 0 Å². The van der Waals surface area contributed by atoms with E-state index in [9.17, 15) is 8.78 Å². The molecule has 154 valence electrons. The highest BCUT2D eigenvalue weighted by Crippen LogP contribution is 2.35. The second kappa shape index (κ2) is 9.78. The van der Waals surface area contributed by atoms with Crippen LogP contribution < -0.4 is 4.74 Å². The fourth-order valence-corrected chi connectivity index (χ4v) is 3.75. The third-order valence-corrected chi connectivity index (χ3v) is 5.68. The van der Waals surface area contributed by atoms with Crippen molar-refractivity contribution in [2.75, 3.05) is 0 Å². The van der Waals surface area contributed by atoms with Crippen LogP contribution in [0, 0.1) is 24.0 Å². The molecule has 0 aromatic heterocycles. The van der Waals surface area contributed by atoms with Gasteiger partial charge < -0.3 is 4.74 Å². The quantitative estimate of drug-likeness (QED) is 0.336. The summed E-state index contributed by atoms with van der Waals surface area (Å²) in [4.78, 5) is 0. The highest BCUT2D eigenvalue weighted by molar-refractivity contribution is 6.30. The van der Waals surface area contributed by atoms with E-state index in [1.54, 1.807) is 36.4 Å². The summed E-state index contributed by atoms with van der Waals surface area (Å²) < 4.78 is 33.4. The Labute approximate surface area is 181 Å². The van der Waals surface area contributed by atoms with Gasteiger partial charge in [-0.3, -0.25) is 0 Å². The topological polar surface area (TPSA) is 9.23 Å². The monoisotopic (exact) mass is 424 g/mol. The zero-order valence-corrected chi connectivity index (χ0v) is 17.6. The molecule has 0 bridgehead atoms. The van der Waals surface area contributed by atoms with Gasteiger partial charge in [-0.05, 0) is 73.2 Å². The smallest absolute Gasteiger partial charge is 0.165 e. The molecule has 0 heterocycles. The number of terminal acetylenes is 1. The summed E-state index contributed by atoms with van der Waals surface area (Å²) in [6, 6.07) is 18.7. The summed E-state index contributed by atoms with van der Waals surface area (Å²) >= 11 is 5.97. The van der Waals surface area contributed by atoms with Gasteiger partial charge in [0.1, 0.15) is 11.6 Å². The first-order chi connectivity index (χ1) is 14.5. The maximum absolute atomic E-state index is 14.2. The molecule has 1 atom stereocenters. The molecular formula is C26H23ClF2O. The number of benzene rings is 3. The van der Waals surface area contributed by atoms with Gasteiger partial charge in [0.05, 0.1) is 10.4 Å². The molecule has 3 rings (SSSR count). The lowest BCUT2D eigenvalue weighted by molar-refractivity contribution is 0.440. The predicted octanol–water partition coefficient (Wildman–Crippen LogP) is 7.71. The van der Waals surface area contributed by atoms with Gasteiger partial charge in [0.25, 0.3) is 0 Å². The molecule has 0 aliphatic heterocycles. The van der Waals surface area contributed by atoms with E-state index in [4.69, 9.17) is 22.8 Å². The number of ether oxygens (including phenoxy) is 1. The Morgan fingerprint density at radius 1 is 1.00 bits per heavy atom. The minimum Gasteiger partial charge on any atom is -0.454 e. The minimum atomic E-state index is -0.527. The van der Waals surface area contributed by atoms with Gasteiger partial charge >= 0.3 is 0 Å². The Kier molecular flexibility index (Phi) is 7.13. The van der Waals surface area contributed by atoms with E-state index in [2.05, 4.69) is 5.92 Å². The highest BCUT2D eigenvalue weighted by atomic mass is 35.5. The number of rotatable bonds is 8. The van der Waals surface area contributed by atoms with E-state index >= 15 is 0 Å². The van der Waals surface area contributed by atoms with Gasteiger partial charge in [-0.25, -0.2) is 8.78 Å². The van der Waals surface area contributed by atoms with Crippen LogP contribution in [0.2, 0.25) is 5.02 Å². The Balaban J connectivity index is 1.72. The maximum atomic E-state index is 14.2. The van der Waals surface area contributed by atoms with Crippen molar-refractivity contribution >= 4 is 11.6 Å². The zero-order chi connectivity index (χ0) is 21.6. The highest BCUT2D eigenvalue weighted by Gasteiger charge is 2.28. The molecule has 30 heavy (non-hydrogen) atoms. The van der Waals surface area contributed by atoms with Crippen LogP contribution in [-0.2, 0) is 11.8 Å². The van der Waals surface area contributed by atoms with Crippen LogP contribution in [0.25, 0.3) is 0 Å². The lowest BCUT2D eigenvalue weighted by atomic mass is 9.75. The first kappa shape index (κ1) is 21.9. The zero-order valence-electron chi connectivity index (χ0n) is 16.8. The van der Waals surface area contributed by atoms with E-state index in [0.29, 0.717) is 25.0 Å². The largest absolute Gasteiger partial charge is 0.454 e. The lowest BCUT2D eigenvalue weighted by Gasteiger charge is -2.28. The Hall–Kier alpha value is -2.83. The molecule has 1 unspecified atom stereocenters. The molecule has 0 N–H and O–H groups in total. The molecule has 0 aliphatic rings. The van der Waals surface area contributed by atoms with Crippen molar-refractivity contribution in [3.63, 3.8) is 0 Å². The Morgan fingerprint density at radius 2 is 1.73 bits per heavy atom. The predicted molar refractivity (Wildman–Crippen MR) is 118 cm³/mol. The number of hydrogen-bond donors (Lipinski definition) is 0. The molecule has 0 saturated heterocycles. The summed E-state index contributed by atoms with van der Waals surface area (Å²) in [6.45, 7) is 2.01. The Morgan fingerprint density at radius 3 is 2.40 bits per heavy atom. The van der Waals surface area contributed by atoms with Crippen molar-refractivity contribution in [2.45, 2.75) is 38.0 Å². The van der Waals surface area contributed by atoms with Crippen LogP contribution in [0.3, 0.4) is 0 Å². The molecule has 0 saturated carbocycles. The molecular weight excluding hydrogens is 402 g/mol. The molecule has 1 nitrogen and oxygen atoms in total. The van der Waals surface area contributed by atoms with Crippen molar-refractivity contribution in [3.8, 4) is 23.8 Å². The van der Waals surface area contributed by atoms with Gasteiger partial charge in [-0.2, -0.15) is 0 Å². The third kappa shape index (κ3) is 5.01. The SMILES string of the molecule is C#CC(CC)(CCCc1ccc(F)c(Oc2ccccc2)c1)c1ccc(F)c(Cl)c1. The van der Waals surface area contributed by atoms with Crippen LogP contribution in [0.15, 0.2) is 66.7 Å². The first-order valence-electron chi connectivity index (χ1n) is 9.92. The third-order valence-electron chi connectivity index (χ3n) is 5.39. The van der Waals surface area contributed by atoms with Gasteiger partial charge in [0.15, 0.2) is 11.6 Å². The van der Waals surface area contributed by atoms with Crippen molar-refractivity contribution in [1.82, 2.24) is 0 Å².